The van der Waals surface area contributed by atoms with E-state index in [1.165, 1.54) is 5.32 Å². The molecule has 1 heterocycles. The molecule has 0 spiro atoms. The van der Waals surface area contributed by atoms with E-state index in [9.17, 15) is 26.7 Å². The predicted octanol–water partition coefficient (Wildman–Crippen LogP) is 1.61. The van der Waals surface area contributed by atoms with E-state index < -0.39 is 18.0 Å². The van der Waals surface area contributed by atoms with Gasteiger partial charge in [0.05, 0.1) is 18.1 Å². The molecule has 1 aromatic rings. The van der Waals surface area contributed by atoms with Crippen molar-refractivity contribution >= 4 is 11.6 Å². The monoisotopic (exact) mass is 241 g/mol. The Morgan fingerprint density at radius 3 is 2.06 bits per heavy atom. The number of amides is 1. The Kier molecular flexibility index (Phi) is 3.06. The van der Waals surface area contributed by atoms with Gasteiger partial charge in [-0.05, 0) is 0 Å². The van der Waals surface area contributed by atoms with E-state index in [1.54, 1.807) is 0 Å². The van der Waals surface area contributed by atoms with Crippen molar-refractivity contribution in [1.82, 2.24) is 9.97 Å². The zero-order chi connectivity index (χ0) is 12.4. The third-order valence-corrected chi connectivity index (χ3v) is 1.46. The smallest absolute Gasteiger partial charge is 0.318 e. The highest BCUT2D eigenvalue weighted by Gasteiger charge is 2.63. The van der Waals surface area contributed by atoms with E-state index in [1.807, 2.05) is 0 Å². The highest BCUT2D eigenvalue weighted by Crippen LogP contribution is 2.36. The summed E-state index contributed by atoms with van der Waals surface area (Å²) in [5, 5.41) is 1.35. The van der Waals surface area contributed by atoms with Crippen LogP contribution in [0.2, 0.25) is 0 Å². The summed E-state index contributed by atoms with van der Waals surface area (Å²) in [6.07, 6.45) is -3.14. The van der Waals surface area contributed by atoms with Crippen LogP contribution in [0.1, 0.15) is 0 Å². The Balaban J connectivity index is 2.81. The van der Waals surface area contributed by atoms with Crippen LogP contribution in [-0.2, 0) is 4.79 Å². The Bertz CT molecular complexity index is 377. The van der Waals surface area contributed by atoms with Crippen LogP contribution in [0.4, 0.5) is 27.6 Å². The first kappa shape index (κ1) is 12.3. The lowest BCUT2D eigenvalue weighted by Crippen LogP contribution is -2.47. The summed E-state index contributed by atoms with van der Waals surface area (Å²) in [5.74, 6) is -7.93. The number of anilines is 1. The number of carbonyl (C=O) groups is 1. The van der Waals surface area contributed by atoms with Gasteiger partial charge < -0.3 is 5.32 Å². The number of halogens is 5. The zero-order valence-corrected chi connectivity index (χ0v) is 7.42. The van der Waals surface area contributed by atoms with E-state index in [4.69, 9.17) is 0 Å². The second-order valence-corrected chi connectivity index (χ2v) is 2.65. The molecule has 0 aliphatic rings. The van der Waals surface area contributed by atoms with Crippen molar-refractivity contribution in [2.24, 2.45) is 0 Å². The molecule has 0 radical (unpaired) electrons. The minimum Gasteiger partial charge on any atom is -0.318 e. The molecule has 4 nitrogen and oxygen atoms in total. The number of nitrogens with zero attached hydrogens (tertiary/aromatic N) is 2. The van der Waals surface area contributed by atoms with Gasteiger partial charge in [-0.15, -0.1) is 0 Å². The fourth-order valence-electron chi connectivity index (χ4n) is 0.702. The van der Waals surface area contributed by atoms with Gasteiger partial charge in [0, 0.05) is 0 Å². The van der Waals surface area contributed by atoms with Crippen LogP contribution in [0, 0.1) is 0 Å². The van der Waals surface area contributed by atoms with Crippen molar-refractivity contribution in [1.29, 1.82) is 0 Å². The third kappa shape index (κ3) is 2.41. The first-order valence-corrected chi connectivity index (χ1v) is 3.76. The molecule has 0 aliphatic carbocycles. The second-order valence-electron chi connectivity index (χ2n) is 2.65. The summed E-state index contributed by atoms with van der Waals surface area (Å²) >= 11 is 0. The molecule has 0 aromatic carbocycles. The van der Waals surface area contributed by atoms with Gasteiger partial charge in [-0.3, -0.25) is 4.79 Å². The minimum atomic E-state index is -5.94. The fourth-order valence-corrected chi connectivity index (χ4v) is 0.702. The van der Waals surface area contributed by atoms with Gasteiger partial charge in [-0.2, -0.15) is 22.0 Å². The second kappa shape index (κ2) is 3.99. The number of hydrogen-bond donors (Lipinski definition) is 1. The SMILES string of the molecule is O=C(Nc1cncnc1)C(F)(F)C(F)(F)F. The number of alkyl halides is 5. The highest BCUT2D eigenvalue weighted by atomic mass is 19.4. The molecule has 0 bridgehead atoms. The largest absolute Gasteiger partial charge is 0.463 e. The quantitative estimate of drug-likeness (QED) is 0.800. The average molecular weight is 241 g/mol. The Morgan fingerprint density at radius 1 is 1.12 bits per heavy atom. The molecule has 88 valence electrons. The van der Waals surface area contributed by atoms with Gasteiger partial charge in [-0.1, -0.05) is 0 Å². The Hall–Kier alpha value is -1.80. The van der Waals surface area contributed by atoms with Crippen LogP contribution in [0.3, 0.4) is 0 Å². The zero-order valence-electron chi connectivity index (χ0n) is 7.42. The van der Waals surface area contributed by atoms with Crippen LogP contribution < -0.4 is 5.32 Å². The summed E-state index contributed by atoms with van der Waals surface area (Å²) in [6, 6.07) is 0. The van der Waals surface area contributed by atoms with Crippen LogP contribution >= 0.6 is 0 Å². The summed E-state index contributed by atoms with van der Waals surface area (Å²) < 4.78 is 60.1. The topological polar surface area (TPSA) is 54.9 Å². The Morgan fingerprint density at radius 2 is 1.62 bits per heavy atom. The van der Waals surface area contributed by atoms with E-state index in [2.05, 4.69) is 9.97 Å². The highest BCUT2D eigenvalue weighted by molar-refractivity contribution is 5.96. The van der Waals surface area contributed by atoms with Gasteiger partial charge in [0.2, 0.25) is 0 Å². The van der Waals surface area contributed by atoms with Crippen molar-refractivity contribution < 1.29 is 26.7 Å². The van der Waals surface area contributed by atoms with Crippen molar-refractivity contribution in [3.63, 3.8) is 0 Å². The van der Waals surface area contributed by atoms with Crippen LogP contribution in [-0.4, -0.2) is 28.0 Å². The van der Waals surface area contributed by atoms with Crippen LogP contribution in [0.25, 0.3) is 0 Å². The van der Waals surface area contributed by atoms with Crippen molar-refractivity contribution in [2.45, 2.75) is 12.1 Å². The molecular weight excluding hydrogens is 237 g/mol. The molecule has 9 heteroatoms. The number of aromatic nitrogens is 2. The van der Waals surface area contributed by atoms with Gasteiger partial charge in [-0.25, -0.2) is 9.97 Å². The molecule has 1 N–H and O–H groups in total. The molecule has 0 saturated carbocycles. The van der Waals surface area contributed by atoms with Gasteiger partial charge in [0.1, 0.15) is 6.33 Å². The maximum Gasteiger partial charge on any atom is 0.463 e. The maximum atomic E-state index is 12.4. The van der Waals surface area contributed by atoms with Crippen molar-refractivity contribution in [2.75, 3.05) is 5.32 Å². The van der Waals surface area contributed by atoms with Crippen molar-refractivity contribution in [3.05, 3.63) is 18.7 Å². The first-order chi connectivity index (χ1) is 7.25. The summed E-state index contributed by atoms with van der Waals surface area (Å²) in [4.78, 5) is 17.3. The summed E-state index contributed by atoms with van der Waals surface area (Å²) in [6.45, 7) is 0. The lowest BCUT2D eigenvalue weighted by Gasteiger charge is -2.18. The van der Waals surface area contributed by atoms with E-state index in [0.717, 1.165) is 18.7 Å². The molecule has 0 aliphatic heterocycles. The molecule has 0 fully saturated rings. The third-order valence-electron chi connectivity index (χ3n) is 1.46. The molecular formula is C7H4F5N3O. The maximum absolute atomic E-state index is 12.4. The minimum absolute atomic E-state index is 0.351. The molecule has 0 saturated heterocycles. The predicted molar refractivity (Wildman–Crippen MR) is 41.7 cm³/mol. The first-order valence-electron chi connectivity index (χ1n) is 3.76. The number of hydrogen-bond acceptors (Lipinski definition) is 3. The summed E-state index contributed by atoms with van der Waals surface area (Å²) in [7, 11) is 0. The van der Waals surface area contributed by atoms with Gasteiger partial charge in [0.15, 0.2) is 0 Å². The fraction of sp³-hybridized carbons (Fsp3) is 0.286. The lowest BCUT2D eigenvalue weighted by molar-refractivity contribution is -0.267. The number of rotatable bonds is 2. The molecule has 0 unspecified atom stereocenters. The Labute approximate surface area is 85.5 Å². The molecule has 1 rings (SSSR count). The van der Waals surface area contributed by atoms with E-state index >= 15 is 0 Å². The van der Waals surface area contributed by atoms with Crippen LogP contribution in [0.5, 0.6) is 0 Å². The average Bonchev–Trinajstić information content (AvgIpc) is 2.17. The van der Waals surface area contributed by atoms with Gasteiger partial charge in [0.25, 0.3) is 0 Å². The molecule has 1 aromatic heterocycles. The standard InChI is InChI=1S/C7H4F5N3O/c8-6(9,7(10,11)12)5(16)15-4-1-13-3-14-2-4/h1-3H,(H,15,16). The van der Waals surface area contributed by atoms with Gasteiger partial charge >= 0.3 is 18.0 Å². The summed E-state index contributed by atoms with van der Waals surface area (Å²) in [5.41, 5.74) is -0.351. The normalized spacial score (nSPS) is 12.3. The lowest BCUT2D eigenvalue weighted by atomic mass is 10.3. The molecule has 16 heavy (non-hydrogen) atoms. The van der Waals surface area contributed by atoms with Crippen molar-refractivity contribution in [3.8, 4) is 0 Å². The van der Waals surface area contributed by atoms with Crippen LogP contribution in [0.15, 0.2) is 18.7 Å². The van der Waals surface area contributed by atoms with E-state index in [-0.39, 0.29) is 5.69 Å². The molecule has 0 atom stereocenters. The molecule has 1 amide bonds. The number of carbonyl (C=O) groups excluding carboxylic acids is 1. The van der Waals surface area contributed by atoms with E-state index in [0.29, 0.717) is 0 Å². The number of nitrogens with one attached hydrogen (secondary N) is 1.